The fourth-order valence-corrected chi connectivity index (χ4v) is 4.78. The predicted molar refractivity (Wildman–Crippen MR) is 79.2 cm³/mol. The summed E-state index contributed by atoms with van der Waals surface area (Å²) in [4.78, 5) is 0.262. The van der Waals surface area contributed by atoms with Crippen LogP contribution in [0.3, 0.4) is 0 Å². The molecule has 1 fully saturated rings. The minimum Gasteiger partial charge on any atom is -0.326 e. The highest BCUT2D eigenvalue weighted by Crippen LogP contribution is 2.40. The number of halogens is 1. The zero-order valence-electron chi connectivity index (χ0n) is 11.1. The standard InChI is InChI=1S/C13H19BrN2O2S/c1-13(2,10-4-5-10)16-19(17,18)12-6-3-9(8-15)7-11(12)14/h3,6-7,10,16H,4-5,8,15H2,1-2H3. The van der Waals surface area contributed by atoms with Gasteiger partial charge in [0.15, 0.2) is 0 Å². The van der Waals surface area contributed by atoms with Crippen LogP contribution in [0.2, 0.25) is 0 Å². The van der Waals surface area contributed by atoms with Crippen molar-refractivity contribution in [3.63, 3.8) is 0 Å². The van der Waals surface area contributed by atoms with Crippen molar-refractivity contribution in [3.8, 4) is 0 Å². The molecular formula is C13H19BrN2O2S. The SMILES string of the molecule is CC(C)(NS(=O)(=O)c1ccc(CN)cc1Br)C1CC1. The highest BCUT2D eigenvalue weighted by Gasteiger charge is 2.40. The Morgan fingerprint density at radius 1 is 1.42 bits per heavy atom. The zero-order valence-corrected chi connectivity index (χ0v) is 13.5. The number of nitrogens with two attached hydrogens (primary N) is 1. The van der Waals surface area contributed by atoms with E-state index in [1.165, 1.54) is 0 Å². The minimum atomic E-state index is -3.52. The van der Waals surface area contributed by atoms with Crippen molar-refractivity contribution in [3.05, 3.63) is 28.2 Å². The fraction of sp³-hybridized carbons (Fsp3) is 0.538. The first-order chi connectivity index (χ1) is 8.76. The van der Waals surface area contributed by atoms with Gasteiger partial charge in [0.2, 0.25) is 10.0 Å². The maximum Gasteiger partial charge on any atom is 0.242 e. The fourth-order valence-electron chi connectivity index (χ4n) is 2.18. The predicted octanol–water partition coefficient (Wildman–Crippen LogP) is 2.37. The Hall–Kier alpha value is -0.430. The Balaban J connectivity index is 2.29. The van der Waals surface area contributed by atoms with Crippen molar-refractivity contribution in [2.24, 2.45) is 11.7 Å². The molecule has 106 valence electrons. The highest BCUT2D eigenvalue weighted by molar-refractivity contribution is 9.10. The van der Waals surface area contributed by atoms with Gasteiger partial charge in [-0.1, -0.05) is 6.07 Å². The number of rotatable bonds is 5. The molecule has 0 radical (unpaired) electrons. The van der Waals surface area contributed by atoms with Gasteiger partial charge in [-0.05, 0) is 66.2 Å². The van der Waals surface area contributed by atoms with E-state index in [0.717, 1.165) is 18.4 Å². The summed E-state index contributed by atoms with van der Waals surface area (Å²) in [6.07, 6.45) is 2.17. The van der Waals surface area contributed by atoms with E-state index in [1.807, 2.05) is 13.8 Å². The third-order valence-electron chi connectivity index (χ3n) is 3.52. The second kappa shape index (κ2) is 5.16. The van der Waals surface area contributed by atoms with E-state index in [-0.39, 0.29) is 4.90 Å². The third-order valence-corrected chi connectivity index (χ3v) is 6.17. The molecule has 0 bridgehead atoms. The molecule has 1 aliphatic rings. The molecule has 0 spiro atoms. The lowest BCUT2D eigenvalue weighted by atomic mass is 10.0. The molecule has 1 aromatic carbocycles. The molecule has 2 rings (SSSR count). The molecule has 0 unspecified atom stereocenters. The summed E-state index contributed by atoms with van der Waals surface area (Å²) in [7, 11) is -3.52. The number of nitrogens with one attached hydrogen (secondary N) is 1. The zero-order chi connectivity index (χ0) is 14.3. The van der Waals surface area contributed by atoms with Gasteiger partial charge in [0, 0.05) is 16.6 Å². The summed E-state index contributed by atoms with van der Waals surface area (Å²) in [6, 6.07) is 5.08. The van der Waals surface area contributed by atoms with E-state index < -0.39 is 15.6 Å². The van der Waals surface area contributed by atoms with Crippen LogP contribution in [0.15, 0.2) is 27.6 Å². The van der Waals surface area contributed by atoms with Crippen LogP contribution in [0.4, 0.5) is 0 Å². The first-order valence-corrected chi connectivity index (χ1v) is 8.56. The lowest BCUT2D eigenvalue weighted by Crippen LogP contribution is -2.45. The maximum atomic E-state index is 12.4. The first kappa shape index (κ1) is 15.0. The molecular weight excluding hydrogens is 328 g/mol. The number of benzene rings is 1. The third kappa shape index (κ3) is 3.37. The summed E-state index contributed by atoms with van der Waals surface area (Å²) in [5, 5.41) is 0. The quantitative estimate of drug-likeness (QED) is 0.859. The van der Waals surface area contributed by atoms with Gasteiger partial charge in [-0.2, -0.15) is 0 Å². The maximum absolute atomic E-state index is 12.4. The van der Waals surface area contributed by atoms with Crippen LogP contribution in [0.5, 0.6) is 0 Å². The van der Waals surface area contributed by atoms with Gasteiger partial charge < -0.3 is 5.73 Å². The van der Waals surface area contributed by atoms with Crippen molar-refractivity contribution >= 4 is 26.0 Å². The molecule has 1 saturated carbocycles. The van der Waals surface area contributed by atoms with Gasteiger partial charge in [-0.15, -0.1) is 0 Å². The molecule has 6 heteroatoms. The van der Waals surface area contributed by atoms with Crippen LogP contribution in [0.25, 0.3) is 0 Å². The normalized spacial score (nSPS) is 16.6. The number of sulfonamides is 1. The topological polar surface area (TPSA) is 72.2 Å². The van der Waals surface area contributed by atoms with Crippen LogP contribution >= 0.6 is 15.9 Å². The minimum absolute atomic E-state index is 0.262. The average Bonchev–Trinajstić information content (AvgIpc) is 3.10. The van der Waals surface area contributed by atoms with Crippen molar-refractivity contribution in [1.29, 1.82) is 0 Å². The van der Waals surface area contributed by atoms with Gasteiger partial charge in [0.25, 0.3) is 0 Å². The van der Waals surface area contributed by atoms with E-state index >= 15 is 0 Å². The summed E-state index contributed by atoms with van der Waals surface area (Å²) in [6.45, 7) is 4.26. The Labute approximate surface area is 122 Å². The molecule has 0 amide bonds. The van der Waals surface area contributed by atoms with Crippen LogP contribution in [-0.4, -0.2) is 14.0 Å². The Bertz CT molecular complexity index is 580. The lowest BCUT2D eigenvalue weighted by molar-refractivity contribution is 0.400. The molecule has 19 heavy (non-hydrogen) atoms. The van der Waals surface area contributed by atoms with E-state index in [9.17, 15) is 8.42 Å². The Morgan fingerprint density at radius 3 is 2.53 bits per heavy atom. The smallest absolute Gasteiger partial charge is 0.242 e. The summed E-state index contributed by atoms with van der Waals surface area (Å²) in [5.41, 5.74) is 6.04. The molecule has 0 heterocycles. The van der Waals surface area contributed by atoms with Crippen molar-refractivity contribution in [2.75, 3.05) is 0 Å². The largest absolute Gasteiger partial charge is 0.326 e. The molecule has 0 aliphatic heterocycles. The average molecular weight is 347 g/mol. The van der Waals surface area contributed by atoms with E-state index in [1.54, 1.807) is 18.2 Å². The molecule has 4 nitrogen and oxygen atoms in total. The lowest BCUT2D eigenvalue weighted by Gasteiger charge is -2.26. The molecule has 3 N–H and O–H groups in total. The molecule has 0 atom stereocenters. The second-order valence-electron chi connectivity index (χ2n) is 5.57. The summed E-state index contributed by atoms with van der Waals surface area (Å²) < 4.78 is 28.2. The van der Waals surface area contributed by atoms with Crippen LogP contribution in [0.1, 0.15) is 32.3 Å². The van der Waals surface area contributed by atoms with E-state index in [2.05, 4.69) is 20.7 Å². The van der Waals surface area contributed by atoms with Crippen molar-refractivity contribution in [1.82, 2.24) is 4.72 Å². The van der Waals surface area contributed by atoms with Gasteiger partial charge in [0.1, 0.15) is 0 Å². The summed E-state index contributed by atoms with van der Waals surface area (Å²) >= 11 is 3.31. The van der Waals surface area contributed by atoms with Crippen LogP contribution in [0, 0.1) is 5.92 Å². The van der Waals surface area contributed by atoms with E-state index in [4.69, 9.17) is 5.73 Å². The Morgan fingerprint density at radius 2 is 2.05 bits per heavy atom. The Kier molecular flexibility index (Phi) is 4.07. The van der Waals surface area contributed by atoms with Gasteiger partial charge >= 0.3 is 0 Å². The van der Waals surface area contributed by atoms with Crippen LogP contribution in [-0.2, 0) is 16.6 Å². The highest BCUT2D eigenvalue weighted by atomic mass is 79.9. The molecule has 0 aromatic heterocycles. The summed E-state index contributed by atoms with van der Waals surface area (Å²) in [5.74, 6) is 0.435. The molecule has 0 saturated heterocycles. The monoisotopic (exact) mass is 346 g/mol. The molecule has 1 aromatic rings. The number of hydrogen-bond donors (Lipinski definition) is 2. The van der Waals surface area contributed by atoms with Gasteiger partial charge in [-0.25, -0.2) is 13.1 Å². The van der Waals surface area contributed by atoms with Gasteiger partial charge in [0.05, 0.1) is 4.90 Å². The van der Waals surface area contributed by atoms with Crippen LogP contribution < -0.4 is 10.5 Å². The van der Waals surface area contributed by atoms with Crippen molar-refractivity contribution < 1.29 is 8.42 Å². The second-order valence-corrected chi connectivity index (χ2v) is 8.08. The molecule has 1 aliphatic carbocycles. The van der Waals surface area contributed by atoms with E-state index in [0.29, 0.717) is 16.9 Å². The van der Waals surface area contributed by atoms with Gasteiger partial charge in [-0.3, -0.25) is 0 Å². The number of hydrogen-bond acceptors (Lipinski definition) is 3. The first-order valence-electron chi connectivity index (χ1n) is 6.29. The van der Waals surface area contributed by atoms with Crippen molar-refractivity contribution in [2.45, 2.75) is 43.7 Å².